The average Bonchev–Trinajstić information content (AvgIpc) is 2.81. The molecule has 1 aromatic heterocycles. The van der Waals surface area contributed by atoms with Gasteiger partial charge in [-0.05, 0) is 38.0 Å². The fraction of sp³-hybridized carbons (Fsp3) is 0.500. The number of hydrogen-bond donors (Lipinski definition) is 1. The van der Waals surface area contributed by atoms with Crippen molar-refractivity contribution in [2.75, 3.05) is 6.54 Å². The molecule has 2 atom stereocenters. The lowest BCUT2D eigenvalue weighted by atomic mass is 9.95. The van der Waals surface area contributed by atoms with Gasteiger partial charge in [-0.2, -0.15) is 13.2 Å². The quantitative estimate of drug-likeness (QED) is 0.858. The highest BCUT2D eigenvalue weighted by atomic mass is 35.5. The third-order valence-electron chi connectivity index (χ3n) is 3.74. The molecule has 21 heavy (non-hydrogen) atoms. The van der Waals surface area contributed by atoms with Crippen LogP contribution in [0, 0.1) is 0 Å². The van der Waals surface area contributed by atoms with Crippen LogP contribution in [0.15, 0.2) is 22.6 Å². The molecular formula is C14H16ClF3N2O. The second-order valence-electron chi connectivity index (χ2n) is 5.32. The van der Waals surface area contributed by atoms with Gasteiger partial charge in [0.2, 0.25) is 0 Å². The molecule has 0 aliphatic carbocycles. The Hall–Kier alpha value is -1.27. The van der Waals surface area contributed by atoms with Crippen molar-refractivity contribution in [3.63, 3.8) is 0 Å². The number of nitrogens with zero attached hydrogens (tertiary/aromatic N) is 1. The first-order valence-electron chi connectivity index (χ1n) is 6.64. The lowest BCUT2D eigenvalue weighted by Gasteiger charge is -2.25. The Morgan fingerprint density at radius 2 is 2.05 bits per heavy atom. The largest absolute Gasteiger partial charge is 0.440 e. The van der Waals surface area contributed by atoms with Crippen LogP contribution in [0.4, 0.5) is 13.2 Å². The zero-order chi connectivity index (χ0) is 14.3. The molecule has 0 unspecified atom stereocenters. The molecule has 1 aliphatic heterocycles. The van der Waals surface area contributed by atoms with Crippen molar-refractivity contribution < 1.29 is 17.6 Å². The van der Waals surface area contributed by atoms with Crippen molar-refractivity contribution in [2.45, 2.75) is 37.9 Å². The summed E-state index contributed by atoms with van der Waals surface area (Å²) in [5.74, 6) is 0.659. The number of aromatic nitrogens is 1. The number of oxazole rings is 1. The van der Waals surface area contributed by atoms with Crippen LogP contribution in [-0.2, 0) is 6.18 Å². The number of alkyl halides is 3. The van der Waals surface area contributed by atoms with E-state index in [-0.39, 0.29) is 23.8 Å². The van der Waals surface area contributed by atoms with Crippen LogP contribution in [0.2, 0.25) is 0 Å². The van der Waals surface area contributed by atoms with Gasteiger partial charge in [0.15, 0.2) is 11.5 Å². The minimum atomic E-state index is -4.35. The summed E-state index contributed by atoms with van der Waals surface area (Å²) in [4.78, 5) is 4.23. The number of halogens is 4. The average molecular weight is 321 g/mol. The van der Waals surface area contributed by atoms with Crippen LogP contribution in [0.5, 0.6) is 0 Å². The standard InChI is InChI=1S/C14H15F3N2O.ClH/c1-8-2-3-9(7-18-8)13-19-11-6-10(14(15,16)17)4-5-12(11)20-13;/h4-6,8-9,18H,2-3,7H2,1H3;1H/t8-,9-;/m1./s1. The highest BCUT2D eigenvalue weighted by Crippen LogP contribution is 2.33. The maximum absolute atomic E-state index is 12.7. The lowest BCUT2D eigenvalue weighted by molar-refractivity contribution is -0.137. The fourth-order valence-corrected chi connectivity index (χ4v) is 2.51. The molecule has 0 bridgehead atoms. The van der Waals surface area contributed by atoms with Crippen molar-refractivity contribution in [1.29, 1.82) is 0 Å². The van der Waals surface area contributed by atoms with E-state index in [1.54, 1.807) is 0 Å². The van der Waals surface area contributed by atoms with Crippen LogP contribution in [0.3, 0.4) is 0 Å². The van der Waals surface area contributed by atoms with Crippen LogP contribution in [0.1, 0.15) is 37.1 Å². The molecule has 1 aromatic carbocycles. The number of nitrogens with one attached hydrogen (secondary N) is 1. The fourth-order valence-electron chi connectivity index (χ4n) is 2.51. The first-order chi connectivity index (χ1) is 9.43. The molecule has 3 rings (SSSR count). The van der Waals surface area contributed by atoms with E-state index in [0.29, 0.717) is 17.5 Å². The molecule has 1 saturated heterocycles. The Bertz CT molecular complexity index is 618. The van der Waals surface area contributed by atoms with Gasteiger partial charge in [0.05, 0.1) is 5.56 Å². The molecule has 1 aliphatic rings. The monoisotopic (exact) mass is 320 g/mol. The normalized spacial score (nSPS) is 23.0. The Balaban J connectivity index is 0.00000161. The maximum Gasteiger partial charge on any atom is 0.416 e. The second kappa shape index (κ2) is 5.85. The zero-order valence-electron chi connectivity index (χ0n) is 11.4. The molecule has 7 heteroatoms. The predicted octanol–water partition coefficient (Wildman–Crippen LogP) is 4.12. The van der Waals surface area contributed by atoms with E-state index < -0.39 is 11.7 Å². The minimum absolute atomic E-state index is 0. The van der Waals surface area contributed by atoms with E-state index in [4.69, 9.17) is 4.42 Å². The van der Waals surface area contributed by atoms with E-state index in [1.165, 1.54) is 6.07 Å². The Labute approximate surface area is 126 Å². The van der Waals surface area contributed by atoms with Gasteiger partial charge in [-0.25, -0.2) is 4.98 Å². The van der Waals surface area contributed by atoms with Gasteiger partial charge in [0.1, 0.15) is 5.52 Å². The molecular weight excluding hydrogens is 305 g/mol. The van der Waals surface area contributed by atoms with Crippen molar-refractivity contribution in [3.05, 3.63) is 29.7 Å². The maximum atomic E-state index is 12.7. The van der Waals surface area contributed by atoms with Crippen molar-refractivity contribution in [2.24, 2.45) is 0 Å². The highest BCUT2D eigenvalue weighted by Gasteiger charge is 2.31. The number of fused-ring (bicyclic) bond motifs is 1. The Morgan fingerprint density at radius 1 is 1.29 bits per heavy atom. The molecule has 0 amide bonds. The van der Waals surface area contributed by atoms with E-state index in [0.717, 1.165) is 31.5 Å². The van der Waals surface area contributed by atoms with Gasteiger partial charge in [-0.3, -0.25) is 0 Å². The molecule has 2 aromatic rings. The van der Waals surface area contributed by atoms with Gasteiger partial charge < -0.3 is 9.73 Å². The van der Waals surface area contributed by atoms with Crippen LogP contribution in [-0.4, -0.2) is 17.6 Å². The highest BCUT2D eigenvalue weighted by molar-refractivity contribution is 5.85. The van der Waals surface area contributed by atoms with Crippen LogP contribution in [0.25, 0.3) is 11.1 Å². The van der Waals surface area contributed by atoms with Crippen LogP contribution < -0.4 is 5.32 Å². The number of hydrogen-bond acceptors (Lipinski definition) is 3. The third-order valence-corrected chi connectivity index (χ3v) is 3.74. The number of rotatable bonds is 1. The van der Waals surface area contributed by atoms with E-state index in [9.17, 15) is 13.2 Å². The van der Waals surface area contributed by atoms with E-state index >= 15 is 0 Å². The first kappa shape index (κ1) is 16.1. The summed E-state index contributed by atoms with van der Waals surface area (Å²) in [6.45, 7) is 2.86. The van der Waals surface area contributed by atoms with Gasteiger partial charge in [0, 0.05) is 18.5 Å². The Morgan fingerprint density at radius 3 is 2.67 bits per heavy atom. The molecule has 2 heterocycles. The molecule has 0 spiro atoms. The summed E-state index contributed by atoms with van der Waals surface area (Å²) < 4.78 is 43.5. The summed E-state index contributed by atoms with van der Waals surface area (Å²) >= 11 is 0. The molecule has 0 saturated carbocycles. The first-order valence-corrected chi connectivity index (χ1v) is 6.64. The Kier molecular flexibility index (Phi) is 4.49. The summed E-state index contributed by atoms with van der Waals surface area (Å²) in [6.07, 6.45) is -2.40. The van der Waals surface area contributed by atoms with Gasteiger partial charge in [0.25, 0.3) is 0 Å². The third kappa shape index (κ3) is 3.32. The zero-order valence-corrected chi connectivity index (χ0v) is 12.2. The topological polar surface area (TPSA) is 38.1 Å². The molecule has 1 N–H and O–H groups in total. The lowest BCUT2D eigenvalue weighted by Crippen LogP contribution is -2.35. The molecule has 1 fully saturated rings. The SMILES string of the molecule is C[C@@H]1CC[C@@H](c2nc3cc(C(F)(F)F)ccc3o2)CN1.Cl. The van der Waals surface area contributed by atoms with Crippen molar-refractivity contribution >= 4 is 23.5 Å². The van der Waals surface area contributed by atoms with Crippen molar-refractivity contribution in [3.8, 4) is 0 Å². The molecule has 3 nitrogen and oxygen atoms in total. The van der Waals surface area contributed by atoms with Gasteiger partial charge in [-0.15, -0.1) is 12.4 Å². The number of benzene rings is 1. The summed E-state index contributed by atoms with van der Waals surface area (Å²) in [7, 11) is 0. The van der Waals surface area contributed by atoms with E-state index in [1.807, 2.05) is 0 Å². The van der Waals surface area contributed by atoms with Crippen LogP contribution >= 0.6 is 12.4 Å². The minimum Gasteiger partial charge on any atom is -0.440 e. The summed E-state index contributed by atoms with van der Waals surface area (Å²) in [5, 5.41) is 3.33. The smallest absolute Gasteiger partial charge is 0.416 e. The molecule has 0 radical (unpaired) electrons. The summed E-state index contributed by atoms with van der Waals surface area (Å²) in [5.41, 5.74) is -0.0136. The molecule has 116 valence electrons. The number of piperidine rings is 1. The van der Waals surface area contributed by atoms with E-state index in [2.05, 4.69) is 17.2 Å². The van der Waals surface area contributed by atoms with Gasteiger partial charge in [-0.1, -0.05) is 0 Å². The predicted molar refractivity (Wildman–Crippen MR) is 75.7 cm³/mol. The van der Waals surface area contributed by atoms with Crippen molar-refractivity contribution in [1.82, 2.24) is 10.3 Å². The van der Waals surface area contributed by atoms with Gasteiger partial charge >= 0.3 is 6.18 Å². The summed E-state index contributed by atoms with van der Waals surface area (Å²) in [6, 6.07) is 3.88. The second-order valence-corrected chi connectivity index (χ2v) is 5.32.